The van der Waals surface area contributed by atoms with Crippen molar-refractivity contribution >= 4 is 21.8 Å². The van der Waals surface area contributed by atoms with Crippen molar-refractivity contribution in [3.8, 4) is 0 Å². The van der Waals surface area contributed by atoms with Crippen molar-refractivity contribution in [2.75, 3.05) is 19.3 Å². The summed E-state index contributed by atoms with van der Waals surface area (Å²) < 4.78 is 26.7. The van der Waals surface area contributed by atoms with Crippen LogP contribution in [-0.2, 0) is 19.6 Å². The van der Waals surface area contributed by atoms with Gasteiger partial charge in [-0.3, -0.25) is 9.59 Å². The Kier molecular flexibility index (Phi) is 9.00. The minimum Gasteiger partial charge on any atom is -0.339 e. The predicted octanol–water partition coefficient (Wildman–Crippen LogP) is 1.80. The third-order valence-corrected chi connectivity index (χ3v) is 7.31. The lowest BCUT2D eigenvalue weighted by Gasteiger charge is -2.35. The number of nitrogens with one attached hydrogen (secondary N) is 1. The Labute approximate surface area is 191 Å². The summed E-state index contributed by atoms with van der Waals surface area (Å²) in [5.74, 6) is -0.683. The summed E-state index contributed by atoms with van der Waals surface area (Å²) in [4.78, 5) is 27.3. The van der Waals surface area contributed by atoms with Crippen LogP contribution in [0.5, 0.6) is 0 Å². The van der Waals surface area contributed by atoms with E-state index in [9.17, 15) is 18.0 Å². The van der Waals surface area contributed by atoms with Crippen LogP contribution in [0.2, 0.25) is 0 Å². The second kappa shape index (κ2) is 11.1. The molecule has 1 aromatic rings. The van der Waals surface area contributed by atoms with E-state index < -0.39 is 28.0 Å². The van der Waals surface area contributed by atoms with Gasteiger partial charge in [-0.25, -0.2) is 8.42 Å². The summed E-state index contributed by atoms with van der Waals surface area (Å²) >= 11 is 0. The summed E-state index contributed by atoms with van der Waals surface area (Å²) in [5.41, 5.74) is 7.20. The average Bonchev–Trinajstić information content (AvgIpc) is 3.22. The molecule has 8 nitrogen and oxygen atoms in total. The molecule has 1 saturated heterocycles. The van der Waals surface area contributed by atoms with Gasteiger partial charge >= 0.3 is 0 Å². The van der Waals surface area contributed by atoms with Gasteiger partial charge in [0.1, 0.15) is 6.04 Å². The molecule has 2 rings (SSSR count). The molecule has 1 heterocycles. The fourth-order valence-electron chi connectivity index (χ4n) is 4.00. The quantitative estimate of drug-likeness (QED) is 0.513. The van der Waals surface area contributed by atoms with E-state index in [0.29, 0.717) is 25.0 Å². The number of amides is 2. The van der Waals surface area contributed by atoms with E-state index in [2.05, 4.69) is 11.9 Å². The highest BCUT2D eigenvalue weighted by atomic mass is 32.2. The summed E-state index contributed by atoms with van der Waals surface area (Å²) in [6.07, 6.45) is 3.09. The number of hydrogen-bond acceptors (Lipinski definition) is 5. The van der Waals surface area contributed by atoms with Crippen molar-refractivity contribution in [3.05, 3.63) is 48.0 Å². The molecule has 2 amide bonds. The zero-order valence-corrected chi connectivity index (χ0v) is 20.3. The molecule has 9 heteroatoms. The maximum absolute atomic E-state index is 13.4. The third kappa shape index (κ3) is 6.40. The first-order valence-electron chi connectivity index (χ1n) is 11.0. The predicted molar refractivity (Wildman–Crippen MR) is 126 cm³/mol. The topological polar surface area (TPSA) is 113 Å². The Bertz CT molecular complexity index is 919. The summed E-state index contributed by atoms with van der Waals surface area (Å²) in [5, 5.41) is 2.71. The number of carbonyl (C=O) groups is 2. The Balaban J connectivity index is 2.23. The monoisotopic (exact) mass is 464 g/mol. The van der Waals surface area contributed by atoms with E-state index in [1.807, 2.05) is 37.3 Å². The molecule has 0 spiro atoms. The first-order valence-corrected chi connectivity index (χ1v) is 12.9. The van der Waals surface area contributed by atoms with Gasteiger partial charge in [0.15, 0.2) is 0 Å². The number of rotatable bonds is 10. The maximum atomic E-state index is 13.4. The number of benzene rings is 1. The number of nitrogens with two attached hydrogens (primary N) is 1. The van der Waals surface area contributed by atoms with Crippen LogP contribution in [-0.4, -0.2) is 66.9 Å². The highest BCUT2D eigenvalue weighted by Gasteiger charge is 2.38. The first kappa shape index (κ1) is 26.0. The molecule has 0 unspecified atom stereocenters. The number of hydrogen-bond donors (Lipinski definition) is 2. The summed E-state index contributed by atoms with van der Waals surface area (Å²) in [6.45, 7) is 9.89. The largest absolute Gasteiger partial charge is 0.339 e. The number of likely N-dealkylation sites (tertiary alicyclic amines) is 1. The van der Waals surface area contributed by atoms with E-state index in [0.717, 1.165) is 12.0 Å². The third-order valence-electron chi connectivity index (χ3n) is 5.99. The standard InChI is InChI=1S/C23H36N4O4S/c1-6-20(24)22(28)25-21(16(2)3)23(29)26-14-10-13-19(26)15-27(32(5,30)31)17(4)18-11-8-7-9-12-18/h7-9,11-12,17,19-21H,2,6,10,13-15,24H2,1,3-5H3,(H,25,28)/t17-,19+,20+,21+/m1/s1. The van der Waals surface area contributed by atoms with Gasteiger partial charge < -0.3 is 16.0 Å². The molecule has 4 atom stereocenters. The lowest BCUT2D eigenvalue weighted by molar-refractivity contribution is -0.136. The fraction of sp³-hybridized carbons (Fsp3) is 0.565. The summed E-state index contributed by atoms with van der Waals surface area (Å²) in [6, 6.07) is 7.16. The first-order chi connectivity index (χ1) is 15.0. The molecular formula is C23H36N4O4S. The maximum Gasteiger partial charge on any atom is 0.249 e. The molecule has 0 saturated carbocycles. The molecule has 1 aliphatic rings. The lowest BCUT2D eigenvalue weighted by Crippen LogP contribution is -2.55. The molecule has 32 heavy (non-hydrogen) atoms. The normalized spacial score (nSPS) is 19.4. The number of nitrogens with zero attached hydrogens (tertiary/aromatic N) is 2. The van der Waals surface area contributed by atoms with Crippen LogP contribution in [0.25, 0.3) is 0 Å². The minimum atomic E-state index is -3.53. The lowest BCUT2D eigenvalue weighted by atomic mass is 10.1. The van der Waals surface area contributed by atoms with Crippen molar-refractivity contribution in [2.24, 2.45) is 5.73 Å². The van der Waals surface area contributed by atoms with Gasteiger partial charge in [-0.1, -0.05) is 43.8 Å². The van der Waals surface area contributed by atoms with E-state index >= 15 is 0 Å². The van der Waals surface area contributed by atoms with Crippen LogP contribution in [0, 0.1) is 0 Å². The van der Waals surface area contributed by atoms with E-state index in [1.54, 1.807) is 18.7 Å². The Morgan fingerprint density at radius 1 is 1.31 bits per heavy atom. The van der Waals surface area contributed by atoms with Crippen molar-refractivity contribution in [1.82, 2.24) is 14.5 Å². The SMILES string of the molecule is C=C(C)[C@H](NC(=O)[C@@H](N)CC)C(=O)N1CCC[C@H]1CN([C@H](C)c1ccccc1)S(C)(=O)=O. The molecule has 178 valence electrons. The van der Waals surface area contributed by atoms with Crippen LogP contribution in [0.3, 0.4) is 0 Å². The zero-order chi connectivity index (χ0) is 24.1. The molecule has 1 aliphatic heterocycles. The van der Waals surface area contributed by atoms with Gasteiger partial charge in [0.2, 0.25) is 21.8 Å². The molecule has 1 aromatic carbocycles. The van der Waals surface area contributed by atoms with Crippen molar-refractivity contribution < 1.29 is 18.0 Å². The van der Waals surface area contributed by atoms with E-state index in [1.165, 1.54) is 10.6 Å². The summed E-state index contributed by atoms with van der Waals surface area (Å²) in [7, 11) is -3.53. The molecule has 0 radical (unpaired) electrons. The number of carbonyl (C=O) groups excluding carboxylic acids is 2. The van der Waals surface area contributed by atoms with Gasteiger partial charge in [-0.2, -0.15) is 4.31 Å². The molecule has 3 N–H and O–H groups in total. The van der Waals surface area contributed by atoms with Crippen LogP contribution in [0.15, 0.2) is 42.5 Å². The van der Waals surface area contributed by atoms with Crippen molar-refractivity contribution in [2.45, 2.75) is 64.2 Å². The van der Waals surface area contributed by atoms with Crippen molar-refractivity contribution in [1.29, 1.82) is 0 Å². The van der Waals surface area contributed by atoms with Gasteiger partial charge in [0.25, 0.3) is 0 Å². The second-order valence-electron chi connectivity index (χ2n) is 8.55. The van der Waals surface area contributed by atoms with Crippen LogP contribution in [0.1, 0.15) is 51.6 Å². The van der Waals surface area contributed by atoms with E-state index in [-0.39, 0.29) is 24.5 Å². The van der Waals surface area contributed by atoms with Gasteiger partial charge in [-0.05, 0) is 44.2 Å². The fourth-order valence-corrected chi connectivity index (χ4v) is 5.14. The van der Waals surface area contributed by atoms with Crippen LogP contribution < -0.4 is 11.1 Å². The van der Waals surface area contributed by atoms with Gasteiger partial charge in [-0.15, -0.1) is 0 Å². The highest BCUT2D eigenvalue weighted by Crippen LogP contribution is 2.27. The van der Waals surface area contributed by atoms with Crippen molar-refractivity contribution in [3.63, 3.8) is 0 Å². The van der Waals surface area contributed by atoms with Crippen LogP contribution >= 0.6 is 0 Å². The average molecular weight is 465 g/mol. The zero-order valence-electron chi connectivity index (χ0n) is 19.5. The van der Waals surface area contributed by atoms with Gasteiger partial charge in [0, 0.05) is 25.2 Å². The highest BCUT2D eigenvalue weighted by molar-refractivity contribution is 7.88. The Hall–Kier alpha value is -2.23. The smallest absolute Gasteiger partial charge is 0.249 e. The minimum absolute atomic E-state index is 0.186. The second-order valence-corrected chi connectivity index (χ2v) is 10.5. The molecule has 1 fully saturated rings. The number of sulfonamides is 1. The van der Waals surface area contributed by atoms with Crippen LogP contribution in [0.4, 0.5) is 0 Å². The molecule has 0 bridgehead atoms. The Morgan fingerprint density at radius 3 is 2.47 bits per heavy atom. The Morgan fingerprint density at radius 2 is 1.94 bits per heavy atom. The molecular weight excluding hydrogens is 428 g/mol. The van der Waals surface area contributed by atoms with Gasteiger partial charge in [0.05, 0.1) is 12.3 Å². The molecule has 0 aliphatic carbocycles. The molecule has 0 aromatic heterocycles. The van der Waals surface area contributed by atoms with E-state index in [4.69, 9.17) is 5.73 Å².